The molecule has 22 heavy (non-hydrogen) atoms. The predicted molar refractivity (Wildman–Crippen MR) is 81.0 cm³/mol. The number of hydrogen-bond donors (Lipinski definition) is 1. The molecule has 6 heteroatoms. The van der Waals surface area contributed by atoms with Crippen LogP contribution in [0.1, 0.15) is 16.8 Å². The lowest BCUT2D eigenvalue weighted by Gasteiger charge is -2.46. The van der Waals surface area contributed by atoms with Crippen LogP contribution in [-0.2, 0) is 4.79 Å². The van der Waals surface area contributed by atoms with Crippen LogP contribution in [0.25, 0.3) is 0 Å². The first-order valence-corrected chi connectivity index (χ1v) is 7.59. The third-order valence-corrected chi connectivity index (χ3v) is 4.80. The zero-order valence-electron chi connectivity index (χ0n) is 12.6. The van der Waals surface area contributed by atoms with Gasteiger partial charge in [-0.25, -0.2) is 0 Å². The minimum absolute atomic E-state index is 0.00377. The van der Waals surface area contributed by atoms with Gasteiger partial charge in [-0.15, -0.1) is 0 Å². The summed E-state index contributed by atoms with van der Waals surface area (Å²) in [7, 11) is 2.12. The third kappa shape index (κ3) is 2.14. The SMILES string of the molecule is CN1CC2(CCN(C(=O)c3ccc4c(c3)OCC(=O)N4)C2)C1. The molecule has 0 radical (unpaired) electrons. The van der Waals surface area contributed by atoms with E-state index < -0.39 is 0 Å². The van der Waals surface area contributed by atoms with Crippen molar-refractivity contribution in [2.45, 2.75) is 6.42 Å². The molecular formula is C16H19N3O3. The van der Waals surface area contributed by atoms with Crippen molar-refractivity contribution < 1.29 is 14.3 Å². The van der Waals surface area contributed by atoms with Gasteiger partial charge < -0.3 is 19.9 Å². The van der Waals surface area contributed by atoms with E-state index in [1.165, 1.54) is 0 Å². The van der Waals surface area contributed by atoms with Crippen molar-refractivity contribution in [3.63, 3.8) is 0 Å². The summed E-state index contributed by atoms with van der Waals surface area (Å²) in [5, 5.41) is 2.74. The molecule has 3 aliphatic rings. The lowest BCUT2D eigenvalue weighted by atomic mass is 9.79. The van der Waals surface area contributed by atoms with E-state index in [0.717, 1.165) is 32.6 Å². The summed E-state index contributed by atoms with van der Waals surface area (Å²) in [6.07, 6.45) is 1.08. The van der Waals surface area contributed by atoms with Crippen molar-refractivity contribution in [1.82, 2.24) is 9.80 Å². The second kappa shape index (κ2) is 4.71. The number of anilines is 1. The predicted octanol–water partition coefficient (Wildman–Crippen LogP) is 0.795. The third-order valence-electron chi connectivity index (χ3n) is 4.80. The molecule has 0 atom stereocenters. The standard InChI is InChI=1S/C16H19N3O3/c1-18-8-16(9-18)4-5-19(10-16)15(21)11-2-3-12-13(6-11)22-7-14(20)17-12/h2-3,6H,4-5,7-10H2,1H3,(H,17,20). The monoisotopic (exact) mass is 301 g/mol. The lowest BCUT2D eigenvalue weighted by molar-refractivity contribution is -0.118. The van der Waals surface area contributed by atoms with Gasteiger partial charge in [-0.05, 0) is 31.7 Å². The number of fused-ring (bicyclic) bond motifs is 1. The fourth-order valence-corrected chi connectivity index (χ4v) is 3.86. The van der Waals surface area contributed by atoms with E-state index in [1.54, 1.807) is 18.2 Å². The molecular weight excluding hydrogens is 282 g/mol. The molecule has 116 valence electrons. The first-order chi connectivity index (χ1) is 10.5. The lowest BCUT2D eigenvalue weighted by Crippen LogP contribution is -2.55. The highest BCUT2D eigenvalue weighted by atomic mass is 16.5. The summed E-state index contributed by atoms with van der Waals surface area (Å²) >= 11 is 0. The molecule has 0 aliphatic carbocycles. The summed E-state index contributed by atoms with van der Waals surface area (Å²) < 4.78 is 5.39. The number of benzene rings is 1. The van der Waals surface area contributed by atoms with Crippen LogP contribution in [0, 0.1) is 5.41 Å². The molecule has 3 heterocycles. The van der Waals surface area contributed by atoms with Gasteiger partial charge >= 0.3 is 0 Å². The Morgan fingerprint density at radius 3 is 2.91 bits per heavy atom. The summed E-state index contributed by atoms with van der Waals surface area (Å²) in [5.41, 5.74) is 1.56. The Labute approximate surface area is 129 Å². The highest BCUT2D eigenvalue weighted by molar-refractivity contribution is 5.99. The molecule has 4 rings (SSSR count). The molecule has 0 unspecified atom stereocenters. The van der Waals surface area contributed by atoms with E-state index in [9.17, 15) is 9.59 Å². The maximum Gasteiger partial charge on any atom is 0.262 e. The Morgan fingerprint density at radius 1 is 1.32 bits per heavy atom. The second-order valence-electron chi connectivity index (χ2n) is 6.70. The topological polar surface area (TPSA) is 61.9 Å². The molecule has 6 nitrogen and oxygen atoms in total. The molecule has 1 spiro atoms. The fourth-order valence-electron chi connectivity index (χ4n) is 3.86. The van der Waals surface area contributed by atoms with Crippen molar-refractivity contribution in [1.29, 1.82) is 0 Å². The molecule has 0 aromatic heterocycles. The van der Waals surface area contributed by atoms with E-state index in [4.69, 9.17) is 4.74 Å². The second-order valence-corrected chi connectivity index (χ2v) is 6.70. The van der Waals surface area contributed by atoms with Gasteiger partial charge in [0, 0.05) is 37.2 Å². The van der Waals surface area contributed by atoms with Crippen LogP contribution in [0.5, 0.6) is 5.75 Å². The molecule has 1 N–H and O–H groups in total. The van der Waals surface area contributed by atoms with Gasteiger partial charge in [0.2, 0.25) is 0 Å². The number of carbonyl (C=O) groups is 2. The minimum Gasteiger partial charge on any atom is -0.482 e. The van der Waals surface area contributed by atoms with Crippen LogP contribution >= 0.6 is 0 Å². The van der Waals surface area contributed by atoms with Crippen molar-refractivity contribution in [3.05, 3.63) is 23.8 Å². The van der Waals surface area contributed by atoms with E-state index in [0.29, 0.717) is 22.4 Å². The zero-order valence-corrected chi connectivity index (χ0v) is 12.6. The molecule has 2 amide bonds. The summed E-state index contributed by atoms with van der Waals surface area (Å²) in [6, 6.07) is 5.23. The number of ether oxygens (including phenoxy) is 1. The van der Waals surface area contributed by atoms with Gasteiger partial charge in [-0.1, -0.05) is 0 Å². The Bertz CT molecular complexity index is 652. The van der Waals surface area contributed by atoms with E-state index >= 15 is 0 Å². The molecule has 2 fully saturated rings. The smallest absolute Gasteiger partial charge is 0.262 e. The number of carbonyl (C=O) groups excluding carboxylic acids is 2. The van der Waals surface area contributed by atoms with Crippen LogP contribution in [0.3, 0.4) is 0 Å². The van der Waals surface area contributed by atoms with Gasteiger partial charge in [0.1, 0.15) is 5.75 Å². The van der Waals surface area contributed by atoms with E-state index in [1.807, 2.05) is 4.90 Å². The van der Waals surface area contributed by atoms with E-state index in [-0.39, 0.29) is 18.4 Å². The largest absolute Gasteiger partial charge is 0.482 e. The van der Waals surface area contributed by atoms with Gasteiger partial charge in [0.25, 0.3) is 11.8 Å². The summed E-state index contributed by atoms with van der Waals surface area (Å²) in [6.45, 7) is 3.82. The maximum atomic E-state index is 12.7. The van der Waals surface area contributed by atoms with Crippen LogP contribution < -0.4 is 10.1 Å². The Hall–Kier alpha value is -2.08. The van der Waals surface area contributed by atoms with Crippen LogP contribution in [0.15, 0.2) is 18.2 Å². The quantitative estimate of drug-likeness (QED) is 0.833. The Balaban J connectivity index is 1.50. The maximum absolute atomic E-state index is 12.7. The summed E-state index contributed by atoms with van der Waals surface area (Å²) in [4.78, 5) is 28.2. The fraction of sp³-hybridized carbons (Fsp3) is 0.500. The van der Waals surface area contributed by atoms with Gasteiger partial charge in [-0.3, -0.25) is 9.59 Å². The summed E-state index contributed by atoms with van der Waals surface area (Å²) in [5.74, 6) is 0.458. The average molecular weight is 301 g/mol. The number of rotatable bonds is 1. The molecule has 0 bridgehead atoms. The van der Waals surface area contributed by atoms with Crippen molar-refractivity contribution >= 4 is 17.5 Å². The Kier molecular flexibility index (Phi) is 2.91. The highest BCUT2D eigenvalue weighted by Gasteiger charge is 2.47. The minimum atomic E-state index is -0.165. The molecule has 1 aromatic rings. The number of nitrogens with one attached hydrogen (secondary N) is 1. The first kappa shape index (κ1) is 13.6. The Morgan fingerprint density at radius 2 is 2.14 bits per heavy atom. The van der Waals surface area contributed by atoms with Crippen LogP contribution in [-0.4, -0.2) is 61.4 Å². The van der Waals surface area contributed by atoms with Gasteiger partial charge in [-0.2, -0.15) is 0 Å². The number of hydrogen-bond acceptors (Lipinski definition) is 4. The van der Waals surface area contributed by atoms with E-state index in [2.05, 4.69) is 17.3 Å². The van der Waals surface area contributed by atoms with Gasteiger partial charge in [0.15, 0.2) is 6.61 Å². The van der Waals surface area contributed by atoms with Crippen molar-refractivity contribution in [3.8, 4) is 5.75 Å². The van der Waals surface area contributed by atoms with Crippen molar-refractivity contribution in [2.24, 2.45) is 5.41 Å². The average Bonchev–Trinajstić information content (AvgIpc) is 2.91. The molecule has 2 saturated heterocycles. The molecule has 1 aromatic carbocycles. The molecule has 3 aliphatic heterocycles. The van der Waals surface area contributed by atoms with Crippen molar-refractivity contribution in [2.75, 3.05) is 45.2 Å². The zero-order chi connectivity index (χ0) is 15.3. The van der Waals surface area contributed by atoms with Crippen LogP contribution in [0.4, 0.5) is 5.69 Å². The number of likely N-dealkylation sites (tertiary alicyclic amines) is 2. The number of nitrogens with zero attached hydrogens (tertiary/aromatic N) is 2. The molecule has 0 saturated carbocycles. The van der Waals surface area contributed by atoms with Gasteiger partial charge in [0.05, 0.1) is 5.69 Å². The highest BCUT2D eigenvalue weighted by Crippen LogP contribution is 2.39. The number of amides is 2. The first-order valence-electron chi connectivity index (χ1n) is 7.59. The van der Waals surface area contributed by atoms with Crippen LogP contribution in [0.2, 0.25) is 0 Å². The normalized spacial score (nSPS) is 22.8.